The smallest absolute Gasteiger partial charge is 0.240 e. The van der Waals surface area contributed by atoms with Crippen molar-refractivity contribution < 1.29 is 9.59 Å². The average molecular weight is 543 g/mol. The molecule has 0 spiro atoms. The summed E-state index contributed by atoms with van der Waals surface area (Å²) in [6.07, 6.45) is 4.57. The second kappa shape index (κ2) is 10.2. The van der Waals surface area contributed by atoms with Crippen LogP contribution in [-0.2, 0) is 21.4 Å². The van der Waals surface area contributed by atoms with Gasteiger partial charge in [-0.25, -0.2) is 0 Å². The fourth-order valence-corrected chi connectivity index (χ4v) is 6.17. The Labute approximate surface area is 219 Å². The number of carbonyl (C=O) groups is 2. The Hall–Kier alpha value is -1.50. The van der Waals surface area contributed by atoms with Gasteiger partial charge in [-0.05, 0) is 73.9 Å². The van der Waals surface area contributed by atoms with Crippen LogP contribution >= 0.6 is 46.4 Å². The van der Waals surface area contributed by atoms with Gasteiger partial charge in [0, 0.05) is 38.6 Å². The molecule has 5 nitrogen and oxygen atoms in total. The fourth-order valence-electron chi connectivity index (χ4n) is 5.09. The first kappa shape index (κ1) is 25.6. The summed E-state index contributed by atoms with van der Waals surface area (Å²) in [5, 5.41) is 1.85. The van der Waals surface area contributed by atoms with Gasteiger partial charge in [-0.3, -0.25) is 9.59 Å². The number of nitrogens with zero attached hydrogens (tertiary/aromatic N) is 1. The van der Waals surface area contributed by atoms with Crippen molar-refractivity contribution in [2.24, 2.45) is 11.5 Å². The Bertz CT molecular complexity index is 1110. The molecular formula is C25H27Cl4N3O2. The first-order valence-electron chi connectivity index (χ1n) is 11.4. The highest BCUT2D eigenvalue weighted by Crippen LogP contribution is 2.53. The fraction of sp³-hybridized carbons (Fsp3) is 0.440. The van der Waals surface area contributed by atoms with Gasteiger partial charge in [-0.2, -0.15) is 0 Å². The molecule has 2 unspecified atom stereocenters. The molecule has 0 aliphatic heterocycles. The van der Waals surface area contributed by atoms with Crippen LogP contribution in [0.5, 0.6) is 0 Å². The summed E-state index contributed by atoms with van der Waals surface area (Å²) in [7, 11) is 0. The SMILES string of the molecule is NC(=O)[C@H](Cc1ccc(Cl)cc1Cl)N(C(=O)C1(c2ccc(Cl)cc2Cl)CC1)C1CCCC(N)C1. The zero-order chi connectivity index (χ0) is 24.6. The van der Waals surface area contributed by atoms with Gasteiger partial charge in [0.2, 0.25) is 11.8 Å². The summed E-state index contributed by atoms with van der Waals surface area (Å²) in [5.74, 6) is -0.735. The third-order valence-corrected chi connectivity index (χ3v) is 8.15. The van der Waals surface area contributed by atoms with Crippen LogP contribution in [0.1, 0.15) is 49.7 Å². The van der Waals surface area contributed by atoms with Crippen LogP contribution in [0.2, 0.25) is 20.1 Å². The molecule has 2 aliphatic carbocycles. The van der Waals surface area contributed by atoms with Gasteiger partial charge in [-0.1, -0.05) is 58.5 Å². The molecule has 2 amide bonds. The topological polar surface area (TPSA) is 89.4 Å². The highest BCUT2D eigenvalue weighted by atomic mass is 35.5. The number of nitrogens with two attached hydrogens (primary N) is 2. The number of hydrogen-bond acceptors (Lipinski definition) is 3. The van der Waals surface area contributed by atoms with Crippen molar-refractivity contribution in [3.05, 3.63) is 67.6 Å². The Balaban J connectivity index is 1.75. The van der Waals surface area contributed by atoms with Crippen LogP contribution in [-0.4, -0.2) is 34.8 Å². The molecule has 2 saturated carbocycles. The van der Waals surface area contributed by atoms with Crippen LogP contribution in [0.25, 0.3) is 0 Å². The van der Waals surface area contributed by atoms with Gasteiger partial charge in [0.1, 0.15) is 6.04 Å². The summed E-state index contributed by atoms with van der Waals surface area (Å²) in [6, 6.07) is 9.13. The maximum atomic E-state index is 14.3. The van der Waals surface area contributed by atoms with Crippen molar-refractivity contribution in [1.82, 2.24) is 4.90 Å². The third-order valence-electron chi connectivity index (χ3n) is 7.01. The summed E-state index contributed by atoms with van der Waals surface area (Å²) in [5.41, 5.74) is 12.8. The number of primary amides is 1. The summed E-state index contributed by atoms with van der Waals surface area (Å²) in [4.78, 5) is 28.8. The molecule has 0 saturated heterocycles. The van der Waals surface area contributed by atoms with Crippen LogP contribution < -0.4 is 11.5 Å². The molecular weight excluding hydrogens is 516 g/mol. The maximum absolute atomic E-state index is 14.3. The molecule has 9 heteroatoms. The van der Waals surface area contributed by atoms with E-state index < -0.39 is 17.4 Å². The van der Waals surface area contributed by atoms with Crippen molar-refractivity contribution in [1.29, 1.82) is 0 Å². The van der Waals surface area contributed by atoms with Crippen molar-refractivity contribution in [2.45, 2.75) is 68.5 Å². The van der Waals surface area contributed by atoms with Crippen molar-refractivity contribution in [2.75, 3.05) is 0 Å². The minimum atomic E-state index is -0.884. The van der Waals surface area contributed by atoms with Gasteiger partial charge in [0.25, 0.3) is 0 Å². The predicted molar refractivity (Wildman–Crippen MR) is 138 cm³/mol. The molecule has 2 aromatic carbocycles. The van der Waals surface area contributed by atoms with Crippen LogP contribution in [0.4, 0.5) is 0 Å². The quantitative estimate of drug-likeness (QED) is 0.482. The second-order valence-electron chi connectivity index (χ2n) is 9.36. The molecule has 34 heavy (non-hydrogen) atoms. The van der Waals surface area contributed by atoms with Crippen LogP contribution in [0.3, 0.4) is 0 Å². The molecule has 0 bridgehead atoms. The number of amides is 2. The largest absolute Gasteiger partial charge is 0.368 e. The van der Waals surface area contributed by atoms with E-state index in [9.17, 15) is 9.59 Å². The molecule has 0 radical (unpaired) electrons. The first-order chi connectivity index (χ1) is 16.1. The highest BCUT2D eigenvalue weighted by Gasteiger charge is 2.56. The van der Waals surface area contributed by atoms with Gasteiger partial charge in [0.05, 0.1) is 5.41 Å². The maximum Gasteiger partial charge on any atom is 0.240 e. The van der Waals surface area contributed by atoms with Crippen LogP contribution in [0, 0.1) is 0 Å². The number of halogens is 4. The van der Waals surface area contributed by atoms with Crippen molar-refractivity contribution in [3.8, 4) is 0 Å². The lowest BCUT2D eigenvalue weighted by molar-refractivity contribution is -0.145. The van der Waals surface area contributed by atoms with Crippen LogP contribution in [0.15, 0.2) is 36.4 Å². The van der Waals surface area contributed by atoms with Gasteiger partial charge in [0.15, 0.2) is 0 Å². The van der Waals surface area contributed by atoms with E-state index in [0.717, 1.165) is 24.8 Å². The van der Waals surface area contributed by atoms with Crippen molar-refractivity contribution in [3.63, 3.8) is 0 Å². The highest BCUT2D eigenvalue weighted by molar-refractivity contribution is 6.35. The van der Waals surface area contributed by atoms with Gasteiger partial charge >= 0.3 is 0 Å². The van der Waals surface area contributed by atoms with E-state index in [2.05, 4.69) is 0 Å². The van der Waals surface area contributed by atoms with E-state index in [0.29, 0.717) is 44.9 Å². The second-order valence-corrected chi connectivity index (χ2v) is 11.0. The molecule has 0 aromatic heterocycles. The summed E-state index contributed by atoms with van der Waals surface area (Å²) >= 11 is 25.1. The van der Waals surface area contributed by atoms with E-state index in [1.54, 1.807) is 41.3 Å². The molecule has 182 valence electrons. The Morgan fingerprint density at radius 1 is 1.00 bits per heavy atom. The lowest BCUT2D eigenvalue weighted by atomic mass is 9.86. The summed E-state index contributed by atoms with van der Waals surface area (Å²) < 4.78 is 0. The van der Waals surface area contributed by atoms with E-state index in [4.69, 9.17) is 57.9 Å². The Morgan fingerprint density at radius 3 is 2.21 bits per heavy atom. The Morgan fingerprint density at radius 2 is 1.65 bits per heavy atom. The monoisotopic (exact) mass is 541 g/mol. The average Bonchev–Trinajstić information content (AvgIpc) is 3.56. The zero-order valence-corrected chi connectivity index (χ0v) is 21.6. The molecule has 3 atom stereocenters. The minimum absolute atomic E-state index is 0.0454. The number of hydrogen-bond donors (Lipinski definition) is 2. The molecule has 2 aromatic rings. The number of carbonyl (C=O) groups excluding carboxylic acids is 2. The van der Waals surface area contributed by atoms with Crippen molar-refractivity contribution >= 4 is 58.2 Å². The minimum Gasteiger partial charge on any atom is -0.368 e. The molecule has 0 heterocycles. The van der Waals surface area contributed by atoms with Gasteiger partial charge in [-0.15, -0.1) is 0 Å². The molecule has 4 N–H and O–H groups in total. The van der Waals surface area contributed by atoms with E-state index in [1.807, 2.05) is 0 Å². The van der Waals surface area contributed by atoms with E-state index in [1.165, 1.54) is 0 Å². The summed E-state index contributed by atoms with van der Waals surface area (Å²) in [6.45, 7) is 0. The molecule has 2 fully saturated rings. The molecule has 2 aliphatic rings. The molecule has 4 rings (SSSR count). The number of rotatable bonds is 7. The normalized spacial score (nSPS) is 22.1. The lowest BCUT2D eigenvalue weighted by Crippen LogP contribution is -2.58. The van der Waals surface area contributed by atoms with E-state index in [-0.39, 0.29) is 24.4 Å². The van der Waals surface area contributed by atoms with E-state index >= 15 is 0 Å². The standard InChI is InChI=1S/C25H27Cl4N3O2/c26-15-5-4-14(20(28)11-15)10-22(23(31)33)32(18-3-1-2-17(30)13-18)24(34)25(8-9-25)19-7-6-16(27)12-21(19)29/h4-7,11-12,17-18,22H,1-3,8-10,13,30H2,(H2,31,33)/t17?,18?,22-/m0/s1. The lowest BCUT2D eigenvalue weighted by Gasteiger charge is -2.42. The zero-order valence-electron chi connectivity index (χ0n) is 18.6. The number of benzene rings is 2. The van der Waals surface area contributed by atoms with Gasteiger partial charge < -0.3 is 16.4 Å². The Kier molecular flexibility index (Phi) is 7.70. The first-order valence-corrected chi connectivity index (χ1v) is 12.9. The predicted octanol–water partition coefficient (Wildman–Crippen LogP) is 5.53. The third kappa shape index (κ3) is 5.19.